The van der Waals surface area contributed by atoms with Crippen LogP contribution < -0.4 is 0 Å². The molecule has 0 spiro atoms. The molecule has 1 aromatic carbocycles. The third-order valence-corrected chi connectivity index (χ3v) is 3.54. The predicted molar refractivity (Wildman–Crippen MR) is 68.7 cm³/mol. The molecule has 0 fully saturated rings. The Bertz CT molecular complexity index is 587. The van der Waals surface area contributed by atoms with E-state index in [1.54, 1.807) is 0 Å². The molecule has 2 rings (SSSR count). The molecule has 17 heavy (non-hydrogen) atoms. The van der Waals surface area contributed by atoms with Crippen LogP contribution in [-0.2, 0) is 0 Å². The Morgan fingerprint density at radius 3 is 2.65 bits per heavy atom. The van der Waals surface area contributed by atoms with Crippen LogP contribution in [0.1, 0.15) is 25.8 Å². The van der Waals surface area contributed by atoms with Gasteiger partial charge in [0.05, 0.1) is 10.7 Å². The molecular formula is C13H13NO2S. The summed E-state index contributed by atoms with van der Waals surface area (Å²) < 4.78 is 0. The SMILES string of the molecule is Cc1ccc(C)c(-c2nc(C)sc2C(=O)O)c1. The van der Waals surface area contributed by atoms with Gasteiger partial charge in [-0.2, -0.15) is 0 Å². The number of benzene rings is 1. The topological polar surface area (TPSA) is 50.2 Å². The van der Waals surface area contributed by atoms with Gasteiger partial charge in [-0.3, -0.25) is 0 Å². The van der Waals surface area contributed by atoms with Crippen molar-refractivity contribution in [2.75, 3.05) is 0 Å². The maximum absolute atomic E-state index is 11.2. The van der Waals surface area contributed by atoms with Crippen LogP contribution in [0.2, 0.25) is 0 Å². The molecule has 4 heteroatoms. The summed E-state index contributed by atoms with van der Waals surface area (Å²) in [5.41, 5.74) is 3.64. The fourth-order valence-corrected chi connectivity index (χ4v) is 2.52. The first-order valence-corrected chi connectivity index (χ1v) is 6.09. The number of aromatic nitrogens is 1. The van der Waals surface area contributed by atoms with Crippen molar-refractivity contribution < 1.29 is 9.90 Å². The van der Waals surface area contributed by atoms with E-state index in [1.807, 2.05) is 39.0 Å². The fourth-order valence-electron chi connectivity index (χ4n) is 1.75. The van der Waals surface area contributed by atoms with Crippen molar-refractivity contribution in [1.82, 2.24) is 4.98 Å². The highest BCUT2D eigenvalue weighted by molar-refractivity contribution is 7.14. The minimum Gasteiger partial charge on any atom is -0.477 e. The van der Waals surface area contributed by atoms with E-state index in [0.717, 1.165) is 21.7 Å². The van der Waals surface area contributed by atoms with Gasteiger partial charge in [-0.1, -0.05) is 17.7 Å². The lowest BCUT2D eigenvalue weighted by atomic mass is 10.0. The number of nitrogens with zero attached hydrogens (tertiary/aromatic N) is 1. The summed E-state index contributed by atoms with van der Waals surface area (Å²) in [6.45, 7) is 5.78. The Hall–Kier alpha value is -1.68. The van der Waals surface area contributed by atoms with Crippen LogP contribution in [0.25, 0.3) is 11.3 Å². The van der Waals surface area contributed by atoms with Crippen LogP contribution in [0, 0.1) is 20.8 Å². The fraction of sp³-hybridized carbons (Fsp3) is 0.231. The third kappa shape index (κ3) is 2.22. The highest BCUT2D eigenvalue weighted by atomic mass is 32.1. The second-order valence-electron chi connectivity index (χ2n) is 4.03. The number of rotatable bonds is 2. The summed E-state index contributed by atoms with van der Waals surface area (Å²) in [4.78, 5) is 15.8. The van der Waals surface area contributed by atoms with Gasteiger partial charge in [-0.05, 0) is 32.4 Å². The van der Waals surface area contributed by atoms with E-state index in [9.17, 15) is 9.90 Å². The van der Waals surface area contributed by atoms with Crippen LogP contribution >= 0.6 is 11.3 Å². The molecule has 0 aliphatic heterocycles. The average molecular weight is 247 g/mol. The number of hydrogen-bond acceptors (Lipinski definition) is 3. The zero-order valence-electron chi connectivity index (χ0n) is 9.94. The zero-order chi connectivity index (χ0) is 12.6. The van der Waals surface area contributed by atoms with Gasteiger partial charge >= 0.3 is 5.97 Å². The maximum Gasteiger partial charge on any atom is 0.348 e. The van der Waals surface area contributed by atoms with Crippen LogP contribution in [0.4, 0.5) is 0 Å². The molecule has 0 saturated carbocycles. The lowest BCUT2D eigenvalue weighted by molar-refractivity contribution is 0.0702. The predicted octanol–water partition coefficient (Wildman–Crippen LogP) is 3.43. The molecule has 0 bridgehead atoms. The van der Waals surface area contributed by atoms with Gasteiger partial charge in [0.2, 0.25) is 0 Å². The van der Waals surface area contributed by atoms with E-state index in [2.05, 4.69) is 4.98 Å². The normalized spacial score (nSPS) is 10.5. The lowest BCUT2D eigenvalue weighted by Gasteiger charge is -2.05. The summed E-state index contributed by atoms with van der Waals surface area (Å²) in [7, 11) is 0. The van der Waals surface area contributed by atoms with Crippen molar-refractivity contribution in [2.24, 2.45) is 0 Å². The van der Waals surface area contributed by atoms with E-state index in [0.29, 0.717) is 10.6 Å². The van der Waals surface area contributed by atoms with E-state index in [1.165, 1.54) is 11.3 Å². The zero-order valence-corrected chi connectivity index (χ0v) is 10.8. The lowest BCUT2D eigenvalue weighted by Crippen LogP contribution is -1.97. The number of thiazole rings is 1. The molecule has 0 amide bonds. The smallest absolute Gasteiger partial charge is 0.348 e. The van der Waals surface area contributed by atoms with E-state index in [-0.39, 0.29) is 0 Å². The number of carboxylic acid groups (broad SMARTS) is 1. The second kappa shape index (κ2) is 4.30. The second-order valence-corrected chi connectivity index (χ2v) is 5.24. The monoisotopic (exact) mass is 247 g/mol. The Kier molecular flexibility index (Phi) is 2.98. The van der Waals surface area contributed by atoms with E-state index in [4.69, 9.17) is 0 Å². The summed E-state index contributed by atoms with van der Waals surface area (Å²) in [6, 6.07) is 5.99. The molecule has 1 aromatic heterocycles. The average Bonchev–Trinajstić information content (AvgIpc) is 2.64. The highest BCUT2D eigenvalue weighted by Gasteiger charge is 2.18. The highest BCUT2D eigenvalue weighted by Crippen LogP contribution is 2.30. The molecule has 0 unspecified atom stereocenters. The summed E-state index contributed by atoms with van der Waals surface area (Å²) in [5.74, 6) is -0.911. The van der Waals surface area contributed by atoms with Crippen LogP contribution in [-0.4, -0.2) is 16.1 Å². The van der Waals surface area contributed by atoms with Gasteiger partial charge in [0, 0.05) is 5.56 Å². The number of hydrogen-bond donors (Lipinski definition) is 1. The number of aromatic carboxylic acids is 1. The Morgan fingerprint density at radius 1 is 1.29 bits per heavy atom. The first kappa shape index (κ1) is 11.8. The molecule has 1 heterocycles. The minimum atomic E-state index is -0.911. The molecule has 0 aliphatic rings. The molecule has 0 saturated heterocycles. The molecule has 2 aromatic rings. The molecule has 88 valence electrons. The van der Waals surface area contributed by atoms with Crippen LogP contribution in [0.3, 0.4) is 0 Å². The Morgan fingerprint density at radius 2 is 2.00 bits per heavy atom. The van der Waals surface area contributed by atoms with Crippen molar-refractivity contribution in [3.63, 3.8) is 0 Å². The quantitative estimate of drug-likeness (QED) is 0.884. The summed E-state index contributed by atoms with van der Waals surface area (Å²) in [6.07, 6.45) is 0. The first-order valence-electron chi connectivity index (χ1n) is 5.27. The first-order chi connectivity index (χ1) is 7.99. The number of carboxylic acids is 1. The van der Waals surface area contributed by atoms with E-state index >= 15 is 0 Å². The molecule has 3 nitrogen and oxygen atoms in total. The molecule has 0 aliphatic carbocycles. The Labute approximate surface area is 104 Å². The van der Waals surface area contributed by atoms with Gasteiger partial charge < -0.3 is 5.11 Å². The molecular weight excluding hydrogens is 234 g/mol. The van der Waals surface area contributed by atoms with Gasteiger partial charge in [0.15, 0.2) is 0 Å². The van der Waals surface area contributed by atoms with Crippen molar-refractivity contribution in [1.29, 1.82) is 0 Å². The van der Waals surface area contributed by atoms with Gasteiger partial charge in [0.1, 0.15) is 4.88 Å². The molecule has 0 radical (unpaired) electrons. The Balaban J connectivity index is 2.67. The van der Waals surface area contributed by atoms with Crippen LogP contribution in [0.5, 0.6) is 0 Å². The number of aryl methyl sites for hydroxylation is 3. The summed E-state index contributed by atoms with van der Waals surface area (Å²) >= 11 is 1.22. The van der Waals surface area contributed by atoms with Gasteiger partial charge in [0.25, 0.3) is 0 Å². The van der Waals surface area contributed by atoms with Crippen LogP contribution in [0.15, 0.2) is 18.2 Å². The molecule has 1 N–H and O–H groups in total. The van der Waals surface area contributed by atoms with Gasteiger partial charge in [-0.25, -0.2) is 9.78 Å². The van der Waals surface area contributed by atoms with Crippen molar-refractivity contribution >= 4 is 17.3 Å². The van der Waals surface area contributed by atoms with Crippen molar-refractivity contribution in [3.8, 4) is 11.3 Å². The standard InChI is InChI=1S/C13H13NO2S/c1-7-4-5-8(2)10(6-7)11-12(13(15)16)17-9(3)14-11/h4-6H,1-3H3,(H,15,16). The van der Waals surface area contributed by atoms with E-state index < -0.39 is 5.97 Å². The maximum atomic E-state index is 11.2. The minimum absolute atomic E-state index is 0.316. The summed E-state index contributed by atoms with van der Waals surface area (Å²) in [5, 5.41) is 9.95. The van der Waals surface area contributed by atoms with Crippen molar-refractivity contribution in [3.05, 3.63) is 39.2 Å². The number of carbonyl (C=O) groups is 1. The van der Waals surface area contributed by atoms with Crippen molar-refractivity contribution in [2.45, 2.75) is 20.8 Å². The third-order valence-electron chi connectivity index (χ3n) is 2.58. The molecule has 0 atom stereocenters. The van der Waals surface area contributed by atoms with Gasteiger partial charge in [-0.15, -0.1) is 11.3 Å². The largest absolute Gasteiger partial charge is 0.477 e.